The first kappa shape index (κ1) is 14.9. The monoisotopic (exact) mass is 323 g/mol. The van der Waals surface area contributed by atoms with E-state index in [1.54, 1.807) is 0 Å². The van der Waals surface area contributed by atoms with E-state index in [1.807, 2.05) is 0 Å². The van der Waals surface area contributed by atoms with Crippen LogP contribution in [0, 0.1) is 12.3 Å². The number of piperidine rings is 1. The molecule has 19 heavy (non-hydrogen) atoms. The number of hydrogen-bond donors (Lipinski definition) is 0. The van der Waals surface area contributed by atoms with E-state index in [2.05, 4.69) is 59.8 Å². The van der Waals surface area contributed by atoms with Crippen molar-refractivity contribution in [3.63, 3.8) is 0 Å². The van der Waals surface area contributed by atoms with Crippen LogP contribution in [-0.4, -0.2) is 13.1 Å². The third kappa shape index (κ3) is 3.16. The summed E-state index contributed by atoms with van der Waals surface area (Å²) in [7, 11) is 0. The maximum atomic E-state index is 3.63. The Kier molecular flexibility index (Phi) is 4.94. The van der Waals surface area contributed by atoms with Crippen LogP contribution < -0.4 is 4.90 Å². The first-order valence-corrected chi connectivity index (χ1v) is 8.66. The van der Waals surface area contributed by atoms with E-state index >= 15 is 0 Å². The van der Waals surface area contributed by atoms with Gasteiger partial charge in [0.25, 0.3) is 0 Å². The van der Waals surface area contributed by atoms with Gasteiger partial charge in [0.2, 0.25) is 0 Å². The molecule has 1 aromatic rings. The summed E-state index contributed by atoms with van der Waals surface area (Å²) in [6, 6.07) is 6.85. The van der Waals surface area contributed by atoms with E-state index in [1.165, 1.54) is 55.6 Å². The molecule has 0 spiro atoms. The lowest BCUT2D eigenvalue weighted by Gasteiger charge is -2.42. The zero-order valence-corrected chi connectivity index (χ0v) is 14.1. The molecule has 1 aromatic carbocycles. The molecular formula is C17H26BrN. The summed E-state index contributed by atoms with van der Waals surface area (Å²) in [6.07, 6.45) is 5.35. The van der Waals surface area contributed by atoms with E-state index in [0.717, 1.165) is 5.33 Å². The van der Waals surface area contributed by atoms with Crippen molar-refractivity contribution in [2.75, 3.05) is 18.0 Å². The van der Waals surface area contributed by atoms with Gasteiger partial charge in [-0.2, -0.15) is 0 Å². The quantitative estimate of drug-likeness (QED) is 0.680. The number of halogens is 1. The molecule has 0 bridgehead atoms. The van der Waals surface area contributed by atoms with Crippen LogP contribution in [-0.2, 0) is 5.33 Å². The Labute approximate surface area is 126 Å². The number of nitrogens with zero attached hydrogens (tertiary/aromatic N) is 1. The maximum Gasteiger partial charge on any atom is 0.0407 e. The molecule has 0 aliphatic carbocycles. The summed E-state index contributed by atoms with van der Waals surface area (Å²) in [5.74, 6) is 0. The predicted molar refractivity (Wildman–Crippen MR) is 88.3 cm³/mol. The smallest absolute Gasteiger partial charge is 0.0407 e. The molecule has 0 unspecified atom stereocenters. The highest BCUT2D eigenvalue weighted by molar-refractivity contribution is 9.08. The zero-order chi connectivity index (χ0) is 13.9. The summed E-state index contributed by atoms with van der Waals surface area (Å²) in [5, 5.41) is 0.952. The molecule has 2 rings (SSSR count). The van der Waals surface area contributed by atoms with Crippen molar-refractivity contribution in [2.45, 2.75) is 51.8 Å². The molecule has 0 N–H and O–H groups in total. The Hall–Kier alpha value is -0.500. The molecule has 106 valence electrons. The van der Waals surface area contributed by atoms with Crippen LogP contribution in [0.1, 0.15) is 50.7 Å². The van der Waals surface area contributed by atoms with Crippen LogP contribution in [0.5, 0.6) is 0 Å². The van der Waals surface area contributed by atoms with Crippen LogP contribution in [0.15, 0.2) is 18.2 Å². The predicted octanol–water partition coefficient (Wildman–Crippen LogP) is 5.30. The third-order valence-electron chi connectivity index (χ3n) is 5.04. The largest absolute Gasteiger partial charge is 0.371 e. The van der Waals surface area contributed by atoms with Gasteiger partial charge in [-0.25, -0.2) is 0 Å². The summed E-state index contributed by atoms with van der Waals surface area (Å²) in [4.78, 5) is 2.58. The second-order valence-corrected chi connectivity index (χ2v) is 6.52. The van der Waals surface area contributed by atoms with Crippen LogP contribution in [0.2, 0.25) is 0 Å². The standard InChI is InChI=1S/C17H26BrN/c1-4-17(5-2)8-10-19(11-9-17)16-7-6-14(3)12-15(16)13-18/h6-7,12H,4-5,8-11,13H2,1-3H3. The van der Waals surface area contributed by atoms with Crippen LogP contribution in [0.4, 0.5) is 5.69 Å². The topological polar surface area (TPSA) is 3.24 Å². The van der Waals surface area contributed by atoms with E-state index < -0.39 is 0 Å². The van der Waals surface area contributed by atoms with E-state index in [9.17, 15) is 0 Å². The summed E-state index contributed by atoms with van der Waals surface area (Å²) >= 11 is 3.63. The first-order chi connectivity index (χ1) is 9.14. The lowest BCUT2D eigenvalue weighted by molar-refractivity contribution is 0.199. The van der Waals surface area contributed by atoms with Gasteiger partial charge in [0.15, 0.2) is 0 Å². The molecule has 0 amide bonds. The van der Waals surface area contributed by atoms with Gasteiger partial charge in [-0.15, -0.1) is 0 Å². The number of hydrogen-bond acceptors (Lipinski definition) is 1. The first-order valence-electron chi connectivity index (χ1n) is 7.54. The molecule has 1 aliphatic rings. The van der Waals surface area contributed by atoms with Gasteiger partial charge in [0.05, 0.1) is 0 Å². The minimum Gasteiger partial charge on any atom is -0.371 e. The number of benzene rings is 1. The maximum absolute atomic E-state index is 3.63. The average Bonchev–Trinajstić information content (AvgIpc) is 2.47. The second-order valence-electron chi connectivity index (χ2n) is 5.96. The van der Waals surface area contributed by atoms with E-state index in [4.69, 9.17) is 0 Å². The van der Waals surface area contributed by atoms with Gasteiger partial charge < -0.3 is 4.90 Å². The number of aryl methyl sites for hydroxylation is 1. The number of anilines is 1. The zero-order valence-electron chi connectivity index (χ0n) is 12.5. The molecular weight excluding hydrogens is 298 g/mol. The van der Waals surface area contributed by atoms with Crippen molar-refractivity contribution >= 4 is 21.6 Å². The minimum absolute atomic E-state index is 0.607. The Morgan fingerprint density at radius 2 is 1.79 bits per heavy atom. The molecule has 0 atom stereocenters. The van der Waals surface area contributed by atoms with Crippen molar-refractivity contribution in [3.8, 4) is 0 Å². The lowest BCUT2D eigenvalue weighted by Crippen LogP contribution is -2.40. The molecule has 1 nitrogen and oxygen atoms in total. The average molecular weight is 324 g/mol. The van der Waals surface area contributed by atoms with Crippen molar-refractivity contribution in [2.24, 2.45) is 5.41 Å². The van der Waals surface area contributed by atoms with Gasteiger partial charge in [0.1, 0.15) is 0 Å². The van der Waals surface area contributed by atoms with E-state index in [-0.39, 0.29) is 0 Å². The molecule has 1 heterocycles. The van der Waals surface area contributed by atoms with Crippen molar-refractivity contribution in [3.05, 3.63) is 29.3 Å². The SMILES string of the molecule is CCC1(CC)CCN(c2ccc(C)cc2CBr)CC1. The molecule has 1 saturated heterocycles. The summed E-state index contributed by atoms with van der Waals surface area (Å²) in [6.45, 7) is 9.31. The normalized spacial score (nSPS) is 18.6. The Morgan fingerprint density at radius 3 is 2.32 bits per heavy atom. The molecule has 1 aliphatic heterocycles. The van der Waals surface area contributed by atoms with E-state index in [0.29, 0.717) is 5.41 Å². The highest BCUT2D eigenvalue weighted by Gasteiger charge is 2.31. The second kappa shape index (κ2) is 6.30. The summed E-state index contributed by atoms with van der Waals surface area (Å²) < 4.78 is 0. The van der Waals surface area contributed by atoms with Crippen molar-refractivity contribution in [1.82, 2.24) is 0 Å². The Balaban J connectivity index is 2.13. The van der Waals surface area contributed by atoms with Crippen LogP contribution in [0.3, 0.4) is 0 Å². The highest BCUT2D eigenvalue weighted by Crippen LogP contribution is 2.39. The van der Waals surface area contributed by atoms with Crippen LogP contribution in [0.25, 0.3) is 0 Å². The summed E-state index contributed by atoms with van der Waals surface area (Å²) in [5.41, 5.74) is 4.82. The van der Waals surface area contributed by atoms with Gasteiger partial charge in [-0.05, 0) is 36.8 Å². The Morgan fingerprint density at radius 1 is 1.16 bits per heavy atom. The third-order valence-corrected chi connectivity index (χ3v) is 5.65. The Bertz CT molecular complexity index is 413. The molecule has 0 aromatic heterocycles. The van der Waals surface area contributed by atoms with Crippen molar-refractivity contribution < 1.29 is 0 Å². The minimum atomic E-state index is 0.607. The van der Waals surface area contributed by atoms with Gasteiger partial charge >= 0.3 is 0 Å². The fraction of sp³-hybridized carbons (Fsp3) is 0.647. The molecule has 0 radical (unpaired) electrons. The van der Waals surface area contributed by atoms with Gasteiger partial charge in [-0.1, -0.05) is 60.3 Å². The molecule has 1 fully saturated rings. The fourth-order valence-corrected chi connectivity index (χ4v) is 3.76. The van der Waals surface area contributed by atoms with Gasteiger partial charge in [0, 0.05) is 24.1 Å². The number of alkyl halides is 1. The molecule has 0 saturated carbocycles. The number of rotatable bonds is 4. The van der Waals surface area contributed by atoms with Gasteiger partial charge in [-0.3, -0.25) is 0 Å². The van der Waals surface area contributed by atoms with Crippen LogP contribution >= 0.6 is 15.9 Å². The van der Waals surface area contributed by atoms with Crippen molar-refractivity contribution in [1.29, 1.82) is 0 Å². The highest BCUT2D eigenvalue weighted by atomic mass is 79.9. The lowest BCUT2D eigenvalue weighted by atomic mass is 9.74. The fourth-order valence-electron chi connectivity index (χ4n) is 3.31. The molecule has 2 heteroatoms.